The molecule has 1 rings (SSSR count). The molecule has 0 spiro atoms. The van der Waals surface area contributed by atoms with Gasteiger partial charge in [-0.3, -0.25) is 4.68 Å². The molecule has 0 aliphatic carbocycles. The highest BCUT2D eigenvalue weighted by molar-refractivity contribution is 5.26. The second kappa shape index (κ2) is 5.91. The second-order valence-electron chi connectivity index (χ2n) is 3.83. The Hall–Kier alpha value is -0.830. The molecule has 15 heavy (non-hydrogen) atoms. The van der Waals surface area contributed by atoms with Crippen molar-refractivity contribution in [2.24, 2.45) is 0 Å². The van der Waals surface area contributed by atoms with E-state index in [1.165, 1.54) is 17.0 Å². The summed E-state index contributed by atoms with van der Waals surface area (Å²) in [5.74, 6) is 0. The Kier molecular flexibility index (Phi) is 4.82. The third-order valence-electron chi connectivity index (χ3n) is 2.71. The lowest BCUT2D eigenvalue weighted by Crippen LogP contribution is -2.10. The molecule has 0 aliphatic heterocycles. The zero-order valence-electron chi connectivity index (χ0n) is 10.4. The van der Waals surface area contributed by atoms with E-state index in [-0.39, 0.29) is 0 Å². The molecule has 1 aromatic rings. The van der Waals surface area contributed by atoms with Crippen molar-refractivity contribution in [2.75, 3.05) is 7.05 Å². The number of aryl methyl sites for hydroxylation is 2. The van der Waals surface area contributed by atoms with Gasteiger partial charge in [-0.05, 0) is 26.3 Å². The summed E-state index contributed by atoms with van der Waals surface area (Å²) in [7, 11) is 2.00. The summed E-state index contributed by atoms with van der Waals surface area (Å²) in [5, 5.41) is 7.92. The first-order chi connectivity index (χ1) is 7.28. The van der Waals surface area contributed by atoms with Crippen LogP contribution in [-0.2, 0) is 25.9 Å². The quantitative estimate of drug-likeness (QED) is 0.778. The number of hydrogen-bond donors (Lipinski definition) is 1. The number of aromatic nitrogens is 2. The van der Waals surface area contributed by atoms with Gasteiger partial charge >= 0.3 is 0 Å². The van der Waals surface area contributed by atoms with E-state index in [0.717, 1.165) is 32.4 Å². The molecular weight excluding hydrogens is 186 g/mol. The van der Waals surface area contributed by atoms with Gasteiger partial charge in [-0.25, -0.2) is 0 Å². The summed E-state index contributed by atoms with van der Waals surface area (Å²) in [5.41, 5.74) is 4.08. The van der Waals surface area contributed by atoms with Gasteiger partial charge in [-0.2, -0.15) is 5.10 Å². The maximum absolute atomic E-state index is 4.68. The minimum atomic E-state index is 0.941. The Morgan fingerprint density at radius 1 is 1.20 bits per heavy atom. The number of nitrogens with zero attached hydrogens (tertiary/aromatic N) is 2. The van der Waals surface area contributed by atoms with Gasteiger partial charge in [-0.15, -0.1) is 0 Å². The molecule has 86 valence electrons. The number of hydrogen-bond acceptors (Lipinski definition) is 2. The van der Waals surface area contributed by atoms with Crippen LogP contribution in [0.3, 0.4) is 0 Å². The molecule has 3 nitrogen and oxygen atoms in total. The van der Waals surface area contributed by atoms with Crippen molar-refractivity contribution in [1.82, 2.24) is 15.1 Å². The summed E-state index contributed by atoms with van der Waals surface area (Å²) in [4.78, 5) is 0. The molecule has 1 heterocycles. The Labute approximate surface area is 92.9 Å². The zero-order chi connectivity index (χ0) is 11.3. The minimum absolute atomic E-state index is 0.941. The monoisotopic (exact) mass is 209 g/mol. The second-order valence-corrected chi connectivity index (χ2v) is 3.83. The third kappa shape index (κ3) is 2.59. The molecule has 1 aromatic heterocycles. The molecule has 0 saturated heterocycles. The molecule has 0 unspecified atom stereocenters. The van der Waals surface area contributed by atoms with Crippen LogP contribution in [-0.4, -0.2) is 16.8 Å². The number of rotatable bonds is 6. The first-order valence-corrected chi connectivity index (χ1v) is 6.00. The van der Waals surface area contributed by atoms with Gasteiger partial charge in [0.2, 0.25) is 0 Å². The van der Waals surface area contributed by atoms with Gasteiger partial charge in [0.1, 0.15) is 0 Å². The topological polar surface area (TPSA) is 29.9 Å². The Morgan fingerprint density at radius 2 is 1.93 bits per heavy atom. The summed E-state index contributed by atoms with van der Waals surface area (Å²) in [6, 6.07) is 0. The smallest absolute Gasteiger partial charge is 0.0669 e. The van der Waals surface area contributed by atoms with Crippen LogP contribution in [0.15, 0.2) is 0 Å². The van der Waals surface area contributed by atoms with Crippen LogP contribution in [0.1, 0.15) is 44.1 Å². The zero-order valence-corrected chi connectivity index (χ0v) is 10.4. The summed E-state index contributed by atoms with van der Waals surface area (Å²) in [6.45, 7) is 8.57. The fraction of sp³-hybridized carbons (Fsp3) is 0.750. The van der Waals surface area contributed by atoms with Gasteiger partial charge < -0.3 is 5.32 Å². The van der Waals surface area contributed by atoms with E-state index in [9.17, 15) is 0 Å². The van der Waals surface area contributed by atoms with E-state index in [4.69, 9.17) is 0 Å². The summed E-state index contributed by atoms with van der Waals surface area (Å²) < 4.78 is 2.19. The molecule has 3 heteroatoms. The highest BCUT2D eigenvalue weighted by Gasteiger charge is 2.13. The fourth-order valence-corrected chi connectivity index (χ4v) is 2.05. The van der Waals surface area contributed by atoms with Crippen molar-refractivity contribution in [1.29, 1.82) is 0 Å². The fourth-order valence-electron chi connectivity index (χ4n) is 2.05. The van der Waals surface area contributed by atoms with E-state index in [2.05, 4.69) is 35.9 Å². The van der Waals surface area contributed by atoms with Crippen LogP contribution < -0.4 is 5.32 Å². The largest absolute Gasteiger partial charge is 0.316 e. The third-order valence-corrected chi connectivity index (χ3v) is 2.71. The van der Waals surface area contributed by atoms with Crippen LogP contribution in [0, 0.1) is 0 Å². The predicted octanol–water partition coefficient (Wildman–Crippen LogP) is 2.14. The van der Waals surface area contributed by atoms with Crippen LogP contribution >= 0.6 is 0 Å². The standard InChI is InChI=1S/C12H23N3/c1-5-8-15-12(7-3)10(9-13-4)11(6-2)14-15/h13H,5-9H2,1-4H3. The Balaban J connectivity index is 3.07. The van der Waals surface area contributed by atoms with Gasteiger partial charge in [-0.1, -0.05) is 20.8 Å². The first-order valence-electron chi connectivity index (χ1n) is 6.00. The molecule has 0 fully saturated rings. The molecule has 0 bridgehead atoms. The molecule has 0 radical (unpaired) electrons. The van der Waals surface area contributed by atoms with Crippen molar-refractivity contribution < 1.29 is 0 Å². The van der Waals surface area contributed by atoms with Crippen LogP contribution in [0.2, 0.25) is 0 Å². The van der Waals surface area contributed by atoms with Crippen molar-refractivity contribution in [3.05, 3.63) is 17.0 Å². The average Bonchev–Trinajstić information content (AvgIpc) is 2.57. The van der Waals surface area contributed by atoms with E-state index in [1.807, 2.05) is 7.05 Å². The predicted molar refractivity (Wildman–Crippen MR) is 64.0 cm³/mol. The van der Waals surface area contributed by atoms with Crippen molar-refractivity contribution in [2.45, 2.75) is 53.1 Å². The van der Waals surface area contributed by atoms with Crippen molar-refractivity contribution in [3.8, 4) is 0 Å². The van der Waals surface area contributed by atoms with Gasteiger partial charge in [0.05, 0.1) is 5.69 Å². The molecule has 1 N–H and O–H groups in total. The van der Waals surface area contributed by atoms with Crippen molar-refractivity contribution in [3.63, 3.8) is 0 Å². The SMILES string of the molecule is CCCn1nc(CC)c(CNC)c1CC. The first kappa shape index (κ1) is 12.2. The minimum Gasteiger partial charge on any atom is -0.316 e. The summed E-state index contributed by atoms with van der Waals surface area (Å²) >= 11 is 0. The van der Waals surface area contributed by atoms with E-state index in [0.29, 0.717) is 0 Å². The van der Waals surface area contributed by atoms with Gasteiger partial charge in [0.15, 0.2) is 0 Å². The van der Waals surface area contributed by atoms with Gasteiger partial charge in [0, 0.05) is 24.3 Å². The van der Waals surface area contributed by atoms with E-state index < -0.39 is 0 Å². The molecular formula is C12H23N3. The molecule has 0 saturated carbocycles. The maximum Gasteiger partial charge on any atom is 0.0669 e. The maximum atomic E-state index is 4.68. The average molecular weight is 209 g/mol. The normalized spacial score (nSPS) is 10.9. The van der Waals surface area contributed by atoms with Crippen LogP contribution in [0.25, 0.3) is 0 Å². The van der Waals surface area contributed by atoms with Crippen LogP contribution in [0.4, 0.5) is 0 Å². The Morgan fingerprint density at radius 3 is 2.40 bits per heavy atom. The van der Waals surface area contributed by atoms with Crippen molar-refractivity contribution >= 4 is 0 Å². The highest BCUT2D eigenvalue weighted by atomic mass is 15.3. The summed E-state index contributed by atoms with van der Waals surface area (Å²) in [6.07, 6.45) is 3.25. The van der Waals surface area contributed by atoms with E-state index >= 15 is 0 Å². The lowest BCUT2D eigenvalue weighted by molar-refractivity contribution is 0.570. The molecule has 0 amide bonds. The lowest BCUT2D eigenvalue weighted by Gasteiger charge is -2.06. The highest BCUT2D eigenvalue weighted by Crippen LogP contribution is 2.16. The lowest BCUT2D eigenvalue weighted by atomic mass is 10.1. The Bertz CT molecular complexity index is 302. The molecule has 0 aliphatic rings. The van der Waals surface area contributed by atoms with Gasteiger partial charge in [0.25, 0.3) is 0 Å². The molecule has 0 aromatic carbocycles. The van der Waals surface area contributed by atoms with Crippen LogP contribution in [0.5, 0.6) is 0 Å². The molecule has 0 atom stereocenters. The van der Waals surface area contributed by atoms with E-state index in [1.54, 1.807) is 0 Å². The number of nitrogens with one attached hydrogen (secondary N) is 1.